The number of benzene rings is 1. The van der Waals surface area contributed by atoms with E-state index >= 15 is 0 Å². The molecule has 0 saturated heterocycles. The second kappa shape index (κ2) is 6.31. The van der Waals surface area contributed by atoms with Crippen LogP contribution in [-0.2, 0) is 0 Å². The maximum Gasteiger partial charge on any atom is 0.323 e. The Balaban J connectivity index is 2.65. The zero-order chi connectivity index (χ0) is 13.7. The molecule has 2 amide bonds. The molecule has 18 heavy (non-hydrogen) atoms. The van der Waals surface area contributed by atoms with Crippen LogP contribution in [0.1, 0.15) is 20.8 Å². The van der Waals surface area contributed by atoms with Crippen molar-refractivity contribution in [1.82, 2.24) is 5.32 Å². The monoisotopic (exact) mass is 268 g/mol. The van der Waals surface area contributed by atoms with Gasteiger partial charge in [0.25, 0.3) is 0 Å². The number of urea groups is 1. The average Bonchev–Trinajstić information content (AvgIpc) is 2.30. The summed E-state index contributed by atoms with van der Waals surface area (Å²) in [5.74, 6) is 0.337. The minimum atomic E-state index is -0.424. The number of halogens is 1. The van der Waals surface area contributed by atoms with E-state index in [2.05, 4.69) is 10.6 Å². The third kappa shape index (κ3) is 4.30. The van der Waals surface area contributed by atoms with Crippen LogP contribution >= 0.6 is 11.6 Å². The van der Waals surface area contributed by atoms with Crippen molar-refractivity contribution in [2.24, 2.45) is 5.92 Å². The number of nitrogens with one attached hydrogen (secondary N) is 2. The van der Waals surface area contributed by atoms with Crippen molar-refractivity contribution in [3.63, 3.8) is 0 Å². The first kappa shape index (κ1) is 14.4. The maximum atomic E-state index is 11.6. The van der Waals surface area contributed by atoms with E-state index in [1.807, 2.05) is 20.8 Å². The number of carbonyl (C=O) groups is 1. The highest BCUT2D eigenvalue weighted by Crippen LogP contribution is 2.26. The molecule has 0 heterocycles. The number of anilines is 1. The van der Waals surface area contributed by atoms with E-state index < -0.39 is 6.03 Å². The van der Waals surface area contributed by atoms with E-state index in [-0.39, 0.29) is 11.4 Å². The van der Waals surface area contributed by atoms with Gasteiger partial charge in [0, 0.05) is 11.2 Å². The lowest BCUT2D eigenvalue weighted by molar-refractivity contribution is 0.255. The van der Waals surface area contributed by atoms with Crippen LogP contribution in [0.5, 0.6) is 5.75 Å². The Hall–Kier alpha value is -1.68. The number of hydrogen-bond donors (Lipinski definition) is 3. The Labute approximate surface area is 112 Å². The molecule has 1 rings (SSSR count). The van der Waals surface area contributed by atoms with Crippen molar-refractivity contribution >= 4 is 23.3 Å². The van der Waals surface area contributed by atoms with Gasteiger partial charge < -0.3 is 15.7 Å². The molecule has 0 aromatic heterocycles. The molecule has 1 aromatic rings. The predicted octanol–water partition coefficient (Wildman–Crippen LogP) is 3.73. The highest BCUT2D eigenvalue weighted by atomic mass is 35.5. The molecule has 3 N–H and O–H groups in total. The molecular weight excluding hydrogens is 252 g/mol. The number of aromatic hydroxyl groups is 1. The molecular formula is C13H17ClN2O2. The van der Waals surface area contributed by atoms with Gasteiger partial charge in [0.1, 0.15) is 5.75 Å². The molecule has 0 aliphatic rings. The lowest BCUT2D eigenvalue weighted by Gasteiger charge is -2.09. The summed E-state index contributed by atoms with van der Waals surface area (Å²) in [4.78, 5) is 11.6. The van der Waals surface area contributed by atoms with Crippen molar-refractivity contribution < 1.29 is 9.90 Å². The average molecular weight is 269 g/mol. The molecule has 0 saturated carbocycles. The largest absolute Gasteiger partial charge is 0.506 e. The third-order valence-electron chi connectivity index (χ3n) is 2.55. The normalized spacial score (nSPS) is 11.5. The fourth-order valence-electron chi connectivity index (χ4n) is 1.11. The summed E-state index contributed by atoms with van der Waals surface area (Å²) in [7, 11) is 0. The number of amides is 2. The van der Waals surface area contributed by atoms with E-state index in [0.29, 0.717) is 10.9 Å². The summed E-state index contributed by atoms with van der Waals surface area (Å²) in [5.41, 5.74) is 1.33. The van der Waals surface area contributed by atoms with E-state index in [9.17, 15) is 9.90 Å². The van der Waals surface area contributed by atoms with Crippen molar-refractivity contribution in [2.75, 3.05) is 5.32 Å². The lowest BCUT2D eigenvalue weighted by Crippen LogP contribution is -2.24. The molecule has 0 aliphatic heterocycles. The minimum Gasteiger partial charge on any atom is -0.506 e. The van der Waals surface area contributed by atoms with E-state index in [4.69, 9.17) is 11.6 Å². The zero-order valence-corrected chi connectivity index (χ0v) is 11.4. The predicted molar refractivity (Wildman–Crippen MR) is 73.9 cm³/mol. The van der Waals surface area contributed by atoms with Crippen LogP contribution in [0.25, 0.3) is 0 Å². The zero-order valence-electron chi connectivity index (χ0n) is 10.6. The fourth-order valence-corrected chi connectivity index (χ4v) is 1.28. The van der Waals surface area contributed by atoms with Crippen LogP contribution in [0.15, 0.2) is 30.0 Å². The molecule has 98 valence electrons. The Morgan fingerprint density at radius 1 is 1.44 bits per heavy atom. The van der Waals surface area contributed by atoms with Gasteiger partial charge in [-0.1, -0.05) is 31.0 Å². The van der Waals surface area contributed by atoms with Crippen LogP contribution in [0.4, 0.5) is 10.5 Å². The van der Waals surface area contributed by atoms with Gasteiger partial charge in [0.2, 0.25) is 0 Å². The summed E-state index contributed by atoms with van der Waals surface area (Å²) in [6.07, 6.45) is 1.64. The molecule has 0 aliphatic carbocycles. The number of allylic oxidation sites excluding steroid dienone is 1. The van der Waals surface area contributed by atoms with Gasteiger partial charge in [-0.2, -0.15) is 0 Å². The molecule has 4 nitrogen and oxygen atoms in total. The van der Waals surface area contributed by atoms with Crippen molar-refractivity contribution in [3.05, 3.63) is 35.0 Å². The van der Waals surface area contributed by atoms with Gasteiger partial charge in [-0.15, -0.1) is 0 Å². The third-order valence-corrected chi connectivity index (χ3v) is 2.78. The van der Waals surface area contributed by atoms with E-state index in [1.54, 1.807) is 12.3 Å². The smallest absolute Gasteiger partial charge is 0.323 e. The first-order chi connectivity index (χ1) is 8.40. The topological polar surface area (TPSA) is 61.4 Å². The standard InChI is InChI=1S/C13H17ClN2O2/c1-8(2)9(3)7-15-13(18)16-11-6-10(14)4-5-12(11)17/h4-8,17H,1-3H3,(H2,15,16,18)/b9-7+. The Morgan fingerprint density at radius 2 is 2.11 bits per heavy atom. The number of rotatable bonds is 3. The Morgan fingerprint density at radius 3 is 2.72 bits per heavy atom. The molecule has 5 heteroatoms. The molecule has 0 fully saturated rings. The quantitative estimate of drug-likeness (QED) is 0.732. The molecule has 0 bridgehead atoms. The summed E-state index contributed by atoms with van der Waals surface area (Å²) < 4.78 is 0. The van der Waals surface area contributed by atoms with E-state index in [0.717, 1.165) is 5.57 Å². The Bertz CT molecular complexity index is 470. The van der Waals surface area contributed by atoms with Gasteiger partial charge in [-0.3, -0.25) is 0 Å². The maximum absolute atomic E-state index is 11.6. The van der Waals surface area contributed by atoms with Crippen molar-refractivity contribution in [1.29, 1.82) is 0 Å². The highest BCUT2D eigenvalue weighted by Gasteiger charge is 2.06. The molecule has 0 atom stereocenters. The lowest BCUT2D eigenvalue weighted by atomic mass is 10.1. The second-order valence-electron chi connectivity index (χ2n) is 4.30. The summed E-state index contributed by atoms with van der Waals surface area (Å²) >= 11 is 5.77. The molecule has 0 unspecified atom stereocenters. The molecule has 0 spiro atoms. The van der Waals surface area contributed by atoms with Crippen LogP contribution in [0.2, 0.25) is 5.02 Å². The number of hydrogen-bond acceptors (Lipinski definition) is 2. The van der Waals surface area contributed by atoms with Crippen molar-refractivity contribution in [2.45, 2.75) is 20.8 Å². The van der Waals surface area contributed by atoms with Crippen LogP contribution < -0.4 is 10.6 Å². The van der Waals surface area contributed by atoms with Gasteiger partial charge in [-0.05, 0) is 31.0 Å². The number of phenolic OH excluding ortho intramolecular Hbond substituents is 1. The van der Waals surface area contributed by atoms with Gasteiger partial charge in [-0.25, -0.2) is 4.79 Å². The van der Waals surface area contributed by atoms with Gasteiger partial charge in [0.05, 0.1) is 5.69 Å². The SMILES string of the molecule is C/C(=C\NC(=O)Nc1cc(Cl)ccc1O)C(C)C. The Kier molecular flexibility index (Phi) is 5.04. The summed E-state index contributed by atoms with van der Waals surface area (Å²) in [5, 5.41) is 15.1. The summed E-state index contributed by atoms with van der Waals surface area (Å²) in [6, 6.07) is 4.03. The van der Waals surface area contributed by atoms with E-state index in [1.165, 1.54) is 12.1 Å². The van der Waals surface area contributed by atoms with Gasteiger partial charge in [0.15, 0.2) is 0 Å². The minimum absolute atomic E-state index is 0.0286. The van der Waals surface area contributed by atoms with Crippen molar-refractivity contribution in [3.8, 4) is 5.75 Å². The fraction of sp³-hybridized carbons (Fsp3) is 0.308. The summed E-state index contributed by atoms with van der Waals surface area (Å²) in [6.45, 7) is 6.00. The highest BCUT2D eigenvalue weighted by molar-refractivity contribution is 6.31. The van der Waals surface area contributed by atoms with Crippen LogP contribution in [0.3, 0.4) is 0 Å². The first-order valence-corrected chi connectivity index (χ1v) is 6.00. The second-order valence-corrected chi connectivity index (χ2v) is 4.74. The first-order valence-electron chi connectivity index (χ1n) is 5.63. The van der Waals surface area contributed by atoms with Gasteiger partial charge >= 0.3 is 6.03 Å². The number of carbonyl (C=O) groups excluding carboxylic acids is 1. The molecule has 1 aromatic carbocycles. The van der Waals surface area contributed by atoms with Crippen LogP contribution in [0, 0.1) is 5.92 Å². The van der Waals surface area contributed by atoms with Crippen LogP contribution in [-0.4, -0.2) is 11.1 Å². The number of phenols is 1. The molecule has 0 radical (unpaired) electrons.